The summed E-state index contributed by atoms with van der Waals surface area (Å²) in [6, 6.07) is 13.8. The third-order valence-electron chi connectivity index (χ3n) is 5.13. The number of carbonyl (C=O) groups is 1. The van der Waals surface area contributed by atoms with Crippen molar-refractivity contribution in [1.82, 2.24) is 4.98 Å². The van der Waals surface area contributed by atoms with Crippen molar-refractivity contribution in [3.8, 4) is 0 Å². The first-order valence-corrected chi connectivity index (χ1v) is 8.96. The normalized spacial score (nSPS) is 15.2. The predicted molar refractivity (Wildman–Crippen MR) is 103 cm³/mol. The molecule has 0 unspecified atom stereocenters. The summed E-state index contributed by atoms with van der Waals surface area (Å²) in [7, 11) is 0. The molecule has 0 bridgehead atoms. The summed E-state index contributed by atoms with van der Waals surface area (Å²) < 4.78 is 0. The number of aromatic carboxylic acids is 1. The fourth-order valence-electron chi connectivity index (χ4n) is 3.88. The van der Waals surface area contributed by atoms with Gasteiger partial charge in [0.2, 0.25) is 0 Å². The van der Waals surface area contributed by atoms with E-state index in [0.29, 0.717) is 16.5 Å². The van der Waals surface area contributed by atoms with E-state index >= 15 is 0 Å². The van der Waals surface area contributed by atoms with Gasteiger partial charge in [0, 0.05) is 10.9 Å². The molecule has 0 aliphatic heterocycles. The topological polar surface area (TPSA) is 53.0 Å². The number of rotatable bonds is 2. The lowest BCUT2D eigenvalue weighted by Crippen LogP contribution is -2.26. The number of hydrogen-bond acceptors (Lipinski definition) is 3. The van der Waals surface area contributed by atoms with Gasteiger partial charge in [0.1, 0.15) is 0 Å². The van der Waals surface area contributed by atoms with Crippen molar-refractivity contribution in [2.75, 3.05) is 0 Å². The van der Waals surface area contributed by atoms with Gasteiger partial charge < -0.3 is 9.90 Å². The van der Waals surface area contributed by atoms with Gasteiger partial charge >= 0.3 is 0 Å². The second-order valence-electron chi connectivity index (χ2n) is 7.00. The molecule has 130 valence electrons. The lowest BCUT2D eigenvalue weighted by atomic mass is 9.85. The molecule has 0 atom stereocenters. The van der Waals surface area contributed by atoms with Crippen LogP contribution in [0, 0.1) is 13.8 Å². The molecule has 0 radical (unpaired) electrons. The van der Waals surface area contributed by atoms with E-state index in [1.165, 1.54) is 11.1 Å². The minimum atomic E-state index is -1.12. The van der Waals surface area contributed by atoms with E-state index in [1.807, 2.05) is 24.3 Å². The number of para-hydroxylation sites is 1. The van der Waals surface area contributed by atoms with Crippen LogP contribution in [0.25, 0.3) is 22.6 Å². The molecule has 0 N–H and O–H groups in total. The number of carboxylic acids is 1. The number of allylic oxidation sites excluding steroid dienone is 1. The lowest BCUT2D eigenvalue weighted by molar-refractivity contribution is -0.254. The molecule has 3 nitrogen and oxygen atoms in total. The van der Waals surface area contributed by atoms with E-state index in [9.17, 15) is 9.90 Å². The number of fused-ring (bicyclic) bond motifs is 2. The SMILES string of the molecule is Cc1ccc(/C=C2\CCCc3c2nc2ccccc2c3C(=O)[O-])c(C)c1. The first kappa shape index (κ1) is 16.5. The quantitative estimate of drug-likeness (QED) is 0.705. The Balaban J connectivity index is 1.96. The van der Waals surface area contributed by atoms with Crippen LogP contribution in [0.15, 0.2) is 42.5 Å². The number of hydrogen-bond donors (Lipinski definition) is 0. The summed E-state index contributed by atoms with van der Waals surface area (Å²) in [5, 5.41) is 12.6. The van der Waals surface area contributed by atoms with Gasteiger partial charge in [0.15, 0.2) is 0 Å². The molecular formula is C23H20NO2-. The zero-order valence-corrected chi connectivity index (χ0v) is 15.0. The standard InChI is InChI=1S/C23H21NO2/c1-14-10-11-16(15(2)12-14)13-17-6-5-8-19-21(23(25)26)18-7-3-4-9-20(18)24-22(17)19/h3-4,7,9-13H,5-6,8H2,1-2H3,(H,25,26)/p-1/b17-13+. The zero-order chi connectivity index (χ0) is 18.3. The summed E-state index contributed by atoms with van der Waals surface area (Å²) in [6.07, 6.45) is 4.70. The van der Waals surface area contributed by atoms with Crippen molar-refractivity contribution in [3.63, 3.8) is 0 Å². The highest BCUT2D eigenvalue weighted by Crippen LogP contribution is 2.36. The molecule has 4 rings (SSSR count). The summed E-state index contributed by atoms with van der Waals surface area (Å²) in [5.74, 6) is -1.12. The van der Waals surface area contributed by atoms with E-state index in [-0.39, 0.29) is 0 Å². The second kappa shape index (κ2) is 6.41. The van der Waals surface area contributed by atoms with Crippen LogP contribution in [-0.4, -0.2) is 11.0 Å². The molecule has 0 saturated carbocycles. The van der Waals surface area contributed by atoms with Crippen LogP contribution in [0.2, 0.25) is 0 Å². The molecule has 0 spiro atoms. The summed E-state index contributed by atoms with van der Waals surface area (Å²) in [4.78, 5) is 16.7. The monoisotopic (exact) mass is 342 g/mol. The fraction of sp³-hybridized carbons (Fsp3) is 0.217. The van der Waals surface area contributed by atoms with Crippen molar-refractivity contribution >= 4 is 28.5 Å². The first-order chi connectivity index (χ1) is 12.5. The molecule has 3 aromatic rings. The molecule has 2 aromatic carbocycles. The molecule has 0 fully saturated rings. The Morgan fingerprint density at radius 3 is 2.69 bits per heavy atom. The van der Waals surface area contributed by atoms with Crippen LogP contribution >= 0.6 is 0 Å². The molecule has 0 saturated heterocycles. The highest BCUT2D eigenvalue weighted by atomic mass is 16.4. The van der Waals surface area contributed by atoms with Gasteiger partial charge in [-0.1, -0.05) is 42.0 Å². The second-order valence-corrected chi connectivity index (χ2v) is 7.00. The summed E-state index contributed by atoms with van der Waals surface area (Å²) >= 11 is 0. The van der Waals surface area contributed by atoms with E-state index in [2.05, 4.69) is 38.1 Å². The molecular weight excluding hydrogens is 322 g/mol. The van der Waals surface area contributed by atoms with Gasteiger partial charge in [-0.15, -0.1) is 0 Å². The minimum Gasteiger partial charge on any atom is -0.545 e. The van der Waals surface area contributed by atoms with Crippen molar-refractivity contribution in [3.05, 3.63) is 76.0 Å². The van der Waals surface area contributed by atoms with Gasteiger partial charge in [-0.25, -0.2) is 4.98 Å². The predicted octanol–water partition coefficient (Wildman–Crippen LogP) is 4.09. The van der Waals surface area contributed by atoms with Gasteiger partial charge in [0.25, 0.3) is 0 Å². The maximum Gasteiger partial charge on any atom is 0.0725 e. The molecule has 1 aliphatic rings. The molecule has 26 heavy (non-hydrogen) atoms. The summed E-state index contributed by atoms with van der Waals surface area (Å²) in [5.41, 5.74) is 7.34. The van der Waals surface area contributed by atoms with Gasteiger partial charge in [-0.05, 0) is 67.5 Å². The van der Waals surface area contributed by atoms with Crippen LogP contribution in [0.4, 0.5) is 0 Å². The molecule has 1 aromatic heterocycles. The Hall–Kier alpha value is -2.94. The van der Waals surface area contributed by atoms with Gasteiger partial charge in [-0.3, -0.25) is 0 Å². The van der Waals surface area contributed by atoms with Crippen molar-refractivity contribution in [2.45, 2.75) is 33.1 Å². The van der Waals surface area contributed by atoms with Crippen LogP contribution in [-0.2, 0) is 6.42 Å². The number of aromatic nitrogens is 1. The van der Waals surface area contributed by atoms with Gasteiger partial charge in [0.05, 0.1) is 17.2 Å². The Kier molecular flexibility index (Phi) is 4.08. The van der Waals surface area contributed by atoms with Crippen molar-refractivity contribution in [2.24, 2.45) is 0 Å². The fourth-order valence-corrected chi connectivity index (χ4v) is 3.88. The Morgan fingerprint density at radius 2 is 1.92 bits per heavy atom. The maximum atomic E-state index is 11.9. The van der Waals surface area contributed by atoms with E-state index in [4.69, 9.17) is 4.98 Å². The highest BCUT2D eigenvalue weighted by molar-refractivity contribution is 6.05. The van der Waals surface area contributed by atoms with E-state index < -0.39 is 5.97 Å². The van der Waals surface area contributed by atoms with Gasteiger partial charge in [-0.2, -0.15) is 0 Å². The molecule has 1 heterocycles. The number of nitrogens with zero attached hydrogens (tertiary/aromatic N) is 1. The Bertz CT molecular complexity index is 1060. The smallest absolute Gasteiger partial charge is 0.0725 e. The number of carboxylic acid groups (broad SMARTS) is 1. The number of carbonyl (C=O) groups excluding carboxylic acids is 1. The van der Waals surface area contributed by atoms with E-state index in [0.717, 1.165) is 41.7 Å². The zero-order valence-electron chi connectivity index (χ0n) is 15.0. The molecule has 3 heteroatoms. The van der Waals surface area contributed by atoms with Crippen LogP contribution in [0.5, 0.6) is 0 Å². The number of benzene rings is 2. The Labute approximate surface area is 153 Å². The molecule has 1 aliphatic carbocycles. The lowest BCUT2D eigenvalue weighted by Gasteiger charge is -2.23. The number of pyridine rings is 1. The summed E-state index contributed by atoms with van der Waals surface area (Å²) in [6.45, 7) is 4.18. The van der Waals surface area contributed by atoms with Crippen molar-refractivity contribution < 1.29 is 9.90 Å². The van der Waals surface area contributed by atoms with Crippen molar-refractivity contribution in [1.29, 1.82) is 0 Å². The van der Waals surface area contributed by atoms with Crippen LogP contribution in [0.1, 0.15) is 51.1 Å². The van der Waals surface area contributed by atoms with Crippen LogP contribution < -0.4 is 5.11 Å². The number of aryl methyl sites for hydroxylation is 2. The van der Waals surface area contributed by atoms with E-state index in [1.54, 1.807) is 0 Å². The Morgan fingerprint density at radius 1 is 1.12 bits per heavy atom. The average Bonchev–Trinajstić information content (AvgIpc) is 2.62. The van der Waals surface area contributed by atoms with Crippen LogP contribution in [0.3, 0.4) is 0 Å². The third kappa shape index (κ3) is 2.80. The maximum absolute atomic E-state index is 11.9. The molecule has 0 amide bonds. The average molecular weight is 342 g/mol. The first-order valence-electron chi connectivity index (χ1n) is 8.96. The largest absolute Gasteiger partial charge is 0.545 e. The minimum absolute atomic E-state index is 0.303. The third-order valence-corrected chi connectivity index (χ3v) is 5.13. The highest BCUT2D eigenvalue weighted by Gasteiger charge is 2.22.